The first-order valence-electron chi connectivity index (χ1n) is 6.35. The fourth-order valence-electron chi connectivity index (χ4n) is 2.31. The van der Waals surface area contributed by atoms with Gasteiger partial charge in [-0.2, -0.15) is 0 Å². The Balaban J connectivity index is 2.26. The SMILES string of the molecule is C=C/C=C\c1cn(-c2ccccc2)c2ccccc12. The van der Waals surface area contributed by atoms with E-state index in [0.29, 0.717) is 0 Å². The van der Waals surface area contributed by atoms with Crippen molar-refractivity contribution in [1.82, 2.24) is 4.57 Å². The molecule has 0 aliphatic heterocycles. The maximum atomic E-state index is 3.73. The van der Waals surface area contributed by atoms with Crippen LogP contribution in [0.5, 0.6) is 0 Å². The first kappa shape index (κ1) is 11.5. The van der Waals surface area contributed by atoms with Gasteiger partial charge in [-0.05, 0) is 18.2 Å². The summed E-state index contributed by atoms with van der Waals surface area (Å²) in [6.45, 7) is 3.73. The molecule has 1 nitrogen and oxygen atoms in total. The second-order valence-electron chi connectivity index (χ2n) is 4.40. The molecule has 1 heterocycles. The van der Waals surface area contributed by atoms with E-state index in [-0.39, 0.29) is 0 Å². The minimum Gasteiger partial charge on any atom is -0.316 e. The van der Waals surface area contributed by atoms with Crippen LogP contribution in [0.4, 0.5) is 0 Å². The molecule has 0 aliphatic carbocycles. The summed E-state index contributed by atoms with van der Waals surface area (Å²) in [4.78, 5) is 0. The Morgan fingerprint density at radius 2 is 1.63 bits per heavy atom. The molecule has 0 bridgehead atoms. The molecule has 0 spiro atoms. The summed E-state index contributed by atoms with van der Waals surface area (Å²) >= 11 is 0. The van der Waals surface area contributed by atoms with Gasteiger partial charge in [-0.1, -0.05) is 61.2 Å². The van der Waals surface area contributed by atoms with E-state index in [1.54, 1.807) is 6.08 Å². The van der Waals surface area contributed by atoms with Crippen LogP contribution in [-0.2, 0) is 0 Å². The zero-order valence-corrected chi connectivity index (χ0v) is 10.7. The van der Waals surface area contributed by atoms with Crippen molar-refractivity contribution < 1.29 is 0 Å². The van der Waals surface area contributed by atoms with Gasteiger partial charge in [-0.15, -0.1) is 0 Å². The van der Waals surface area contributed by atoms with Gasteiger partial charge >= 0.3 is 0 Å². The quantitative estimate of drug-likeness (QED) is 0.582. The third-order valence-electron chi connectivity index (χ3n) is 3.19. The highest BCUT2D eigenvalue weighted by atomic mass is 15.0. The van der Waals surface area contributed by atoms with Crippen LogP contribution in [-0.4, -0.2) is 4.57 Å². The fourth-order valence-corrected chi connectivity index (χ4v) is 2.31. The summed E-state index contributed by atoms with van der Waals surface area (Å²) in [6, 6.07) is 18.8. The van der Waals surface area contributed by atoms with Crippen LogP contribution >= 0.6 is 0 Å². The van der Waals surface area contributed by atoms with Gasteiger partial charge in [0.2, 0.25) is 0 Å². The van der Waals surface area contributed by atoms with Crippen molar-refractivity contribution in [2.75, 3.05) is 0 Å². The molecular formula is C18H15N. The van der Waals surface area contributed by atoms with Gasteiger partial charge in [0.1, 0.15) is 0 Å². The van der Waals surface area contributed by atoms with Crippen molar-refractivity contribution in [2.24, 2.45) is 0 Å². The van der Waals surface area contributed by atoms with Crippen molar-refractivity contribution in [3.63, 3.8) is 0 Å². The normalized spacial score (nSPS) is 11.2. The van der Waals surface area contributed by atoms with E-state index < -0.39 is 0 Å². The lowest BCUT2D eigenvalue weighted by Gasteiger charge is -2.04. The van der Waals surface area contributed by atoms with E-state index >= 15 is 0 Å². The molecule has 0 unspecified atom stereocenters. The summed E-state index contributed by atoms with van der Waals surface area (Å²) in [5.74, 6) is 0. The predicted octanol–water partition coefficient (Wildman–Crippen LogP) is 4.83. The van der Waals surface area contributed by atoms with E-state index in [9.17, 15) is 0 Å². The number of benzene rings is 2. The third-order valence-corrected chi connectivity index (χ3v) is 3.19. The second kappa shape index (κ2) is 4.99. The van der Waals surface area contributed by atoms with Crippen LogP contribution in [0.15, 0.2) is 79.5 Å². The Labute approximate surface area is 113 Å². The Kier molecular flexibility index (Phi) is 3.03. The highest BCUT2D eigenvalue weighted by molar-refractivity contribution is 5.90. The fraction of sp³-hybridized carbons (Fsp3) is 0. The zero-order chi connectivity index (χ0) is 13.1. The van der Waals surface area contributed by atoms with Gasteiger partial charge in [0.25, 0.3) is 0 Å². The van der Waals surface area contributed by atoms with Gasteiger partial charge in [-0.25, -0.2) is 0 Å². The number of aromatic nitrogens is 1. The lowest BCUT2D eigenvalue weighted by molar-refractivity contribution is 1.13. The van der Waals surface area contributed by atoms with E-state index in [4.69, 9.17) is 0 Å². The number of hydrogen-bond donors (Lipinski definition) is 0. The number of para-hydroxylation sites is 2. The average Bonchev–Trinajstić information content (AvgIpc) is 2.85. The number of allylic oxidation sites excluding steroid dienone is 2. The van der Waals surface area contributed by atoms with Crippen LogP contribution in [0.3, 0.4) is 0 Å². The molecule has 0 fully saturated rings. The second-order valence-corrected chi connectivity index (χ2v) is 4.40. The Morgan fingerprint density at radius 1 is 0.895 bits per heavy atom. The molecule has 0 atom stereocenters. The van der Waals surface area contributed by atoms with Crippen molar-refractivity contribution >= 4 is 17.0 Å². The molecule has 2 aromatic carbocycles. The molecule has 0 saturated heterocycles. The third kappa shape index (κ3) is 2.11. The van der Waals surface area contributed by atoms with Crippen LogP contribution in [0.2, 0.25) is 0 Å². The van der Waals surface area contributed by atoms with Crippen LogP contribution in [0, 0.1) is 0 Å². The highest BCUT2D eigenvalue weighted by Crippen LogP contribution is 2.25. The van der Waals surface area contributed by atoms with Gasteiger partial charge in [0, 0.05) is 22.8 Å². The maximum Gasteiger partial charge on any atom is 0.0534 e. The van der Waals surface area contributed by atoms with E-state index in [2.05, 4.69) is 71.9 Å². The molecule has 0 amide bonds. The first-order valence-corrected chi connectivity index (χ1v) is 6.35. The average molecular weight is 245 g/mol. The molecular weight excluding hydrogens is 230 g/mol. The number of rotatable bonds is 3. The van der Waals surface area contributed by atoms with E-state index in [1.807, 2.05) is 12.1 Å². The molecule has 92 valence electrons. The largest absolute Gasteiger partial charge is 0.316 e. The van der Waals surface area contributed by atoms with E-state index in [1.165, 1.54) is 22.2 Å². The lowest BCUT2D eigenvalue weighted by atomic mass is 10.1. The van der Waals surface area contributed by atoms with Gasteiger partial charge < -0.3 is 4.57 Å². The number of nitrogens with zero attached hydrogens (tertiary/aromatic N) is 1. The van der Waals surface area contributed by atoms with Gasteiger partial charge in [0.05, 0.1) is 5.52 Å². The Morgan fingerprint density at radius 3 is 2.42 bits per heavy atom. The van der Waals surface area contributed by atoms with E-state index in [0.717, 1.165) is 0 Å². The number of fused-ring (bicyclic) bond motifs is 1. The summed E-state index contributed by atoms with van der Waals surface area (Å²) in [5, 5.41) is 1.25. The molecule has 19 heavy (non-hydrogen) atoms. The molecule has 1 heteroatoms. The standard InChI is InChI=1S/C18H15N/c1-2-3-9-15-14-19(16-10-5-4-6-11-16)18-13-8-7-12-17(15)18/h2-14H,1H2/b9-3-. The monoisotopic (exact) mass is 245 g/mol. The predicted molar refractivity (Wildman–Crippen MR) is 82.5 cm³/mol. The van der Waals surface area contributed by atoms with Gasteiger partial charge in [-0.3, -0.25) is 0 Å². The summed E-state index contributed by atoms with van der Waals surface area (Å²) < 4.78 is 2.22. The van der Waals surface area contributed by atoms with Crippen LogP contribution < -0.4 is 0 Å². The smallest absolute Gasteiger partial charge is 0.0534 e. The van der Waals surface area contributed by atoms with Crippen molar-refractivity contribution in [3.8, 4) is 5.69 Å². The molecule has 0 radical (unpaired) electrons. The molecule has 0 aliphatic rings. The first-order chi connectivity index (χ1) is 9.40. The van der Waals surface area contributed by atoms with Crippen LogP contribution in [0.1, 0.15) is 5.56 Å². The minimum absolute atomic E-state index is 1.18. The molecule has 3 rings (SSSR count). The highest BCUT2D eigenvalue weighted by Gasteiger charge is 2.06. The molecule has 0 N–H and O–H groups in total. The summed E-state index contributed by atoms with van der Waals surface area (Å²) in [7, 11) is 0. The van der Waals surface area contributed by atoms with Crippen molar-refractivity contribution in [2.45, 2.75) is 0 Å². The van der Waals surface area contributed by atoms with Crippen molar-refractivity contribution in [3.05, 3.63) is 85.1 Å². The van der Waals surface area contributed by atoms with Crippen molar-refractivity contribution in [1.29, 1.82) is 0 Å². The minimum atomic E-state index is 1.18. The molecule has 1 aromatic heterocycles. The number of hydrogen-bond acceptors (Lipinski definition) is 0. The molecule has 0 saturated carbocycles. The molecule has 3 aromatic rings. The zero-order valence-electron chi connectivity index (χ0n) is 10.7. The van der Waals surface area contributed by atoms with Crippen LogP contribution in [0.25, 0.3) is 22.7 Å². The summed E-state index contributed by atoms with van der Waals surface area (Å²) in [5.41, 5.74) is 3.61. The summed E-state index contributed by atoms with van der Waals surface area (Å²) in [6.07, 6.45) is 8.03. The lowest BCUT2D eigenvalue weighted by Crippen LogP contribution is -1.90. The van der Waals surface area contributed by atoms with Gasteiger partial charge in [0.15, 0.2) is 0 Å². The Hall–Kier alpha value is -2.54. The maximum absolute atomic E-state index is 3.73. The Bertz CT molecular complexity index is 733. The topological polar surface area (TPSA) is 4.93 Å².